The van der Waals surface area contributed by atoms with Gasteiger partial charge in [0.2, 0.25) is 5.91 Å². The Balaban J connectivity index is 1.63. The summed E-state index contributed by atoms with van der Waals surface area (Å²) in [7, 11) is -3.76. The number of amides is 2. The summed E-state index contributed by atoms with van der Waals surface area (Å²) in [5, 5.41) is 5.20. The Bertz CT molecular complexity index is 1670. The van der Waals surface area contributed by atoms with Gasteiger partial charge in [0.1, 0.15) is 18.3 Å². The van der Waals surface area contributed by atoms with Crippen molar-refractivity contribution in [1.82, 2.24) is 10.6 Å². The first-order valence-electron chi connectivity index (χ1n) is 16.2. The van der Waals surface area contributed by atoms with Crippen molar-refractivity contribution in [2.45, 2.75) is 62.3 Å². The molecular formula is C36H45N3O7S2. The topological polar surface area (TPSA) is 131 Å². The predicted octanol–water partition coefficient (Wildman–Crippen LogP) is 5.84. The van der Waals surface area contributed by atoms with Crippen LogP contribution in [-0.4, -0.2) is 64.5 Å². The Morgan fingerprint density at radius 1 is 1.00 bits per heavy atom. The lowest BCUT2D eigenvalue weighted by Gasteiger charge is -2.36. The summed E-state index contributed by atoms with van der Waals surface area (Å²) >= 11 is 1.39. The molecule has 0 fully saturated rings. The van der Waals surface area contributed by atoms with Gasteiger partial charge >= 0.3 is 5.97 Å². The van der Waals surface area contributed by atoms with Crippen molar-refractivity contribution in [3.05, 3.63) is 78.4 Å². The highest BCUT2D eigenvalue weighted by Crippen LogP contribution is 2.47. The number of esters is 1. The fraction of sp³-hybridized carbons (Fsp3) is 0.417. The van der Waals surface area contributed by atoms with Gasteiger partial charge in [0, 0.05) is 23.7 Å². The maximum atomic E-state index is 14.2. The normalized spacial score (nSPS) is 17.4. The molecule has 3 aromatic rings. The quantitative estimate of drug-likeness (QED) is 0.149. The van der Waals surface area contributed by atoms with Crippen LogP contribution >= 0.6 is 11.8 Å². The van der Waals surface area contributed by atoms with Crippen molar-refractivity contribution in [3.63, 3.8) is 0 Å². The van der Waals surface area contributed by atoms with Crippen molar-refractivity contribution in [2.75, 3.05) is 43.2 Å². The van der Waals surface area contributed by atoms with E-state index in [1.807, 2.05) is 42.7 Å². The number of anilines is 2. The van der Waals surface area contributed by atoms with E-state index in [0.717, 1.165) is 24.9 Å². The molecule has 258 valence electrons. The molecule has 0 aliphatic carbocycles. The number of sulfone groups is 1. The summed E-state index contributed by atoms with van der Waals surface area (Å²) in [5.41, 5.74) is 1.54. The van der Waals surface area contributed by atoms with Crippen molar-refractivity contribution >= 4 is 50.8 Å². The summed E-state index contributed by atoms with van der Waals surface area (Å²) in [5.74, 6) is -1.52. The van der Waals surface area contributed by atoms with Crippen LogP contribution in [0.1, 0.15) is 58.1 Å². The van der Waals surface area contributed by atoms with E-state index in [2.05, 4.69) is 29.4 Å². The molecule has 0 radical (unpaired) electrons. The second-order valence-electron chi connectivity index (χ2n) is 11.8. The van der Waals surface area contributed by atoms with Gasteiger partial charge in [-0.15, -0.1) is 11.8 Å². The number of unbranched alkanes of at least 4 members (excludes halogenated alkanes) is 1. The number of thioether (sulfide) groups is 1. The number of para-hydroxylation sites is 1. The van der Waals surface area contributed by atoms with Gasteiger partial charge in [-0.3, -0.25) is 14.4 Å². The van der Waals surface area contributed by atoms with Crippen molar-refractivity contribution in [2.24, 2.45) is 5.41 Å². The first kappa shape index (κ1) is 36.8. The largest absolute Gasteiger partial charge is 0.483 e. The number of carbonyl (C=O) groups excluding carboxylic acids is 3. The van der Waals surface area contributed by atoms with Gasteiger partial charge in [-0.05, 0) is 49.8 Å². The van der Waals surface area contributed by atoms with Crippen LogP contribution in [0.15, 0.2) is 82.6 Å². The van der Waals surface area contributed by atoms with Crippen LogP contribution in [0, 0.1) is 5.41 Å². The fourth-order valence-corrected chi connectivity index (χ4v) is 8.63. The van der Waals surface area contributed by atoms with Crippen LogP contribution in [-0.2, 0) is 29.0 Å². The SMILES string of the molecule is CCCCC1(CC)CN(c2ccccc2)c2cc(SC)c(OCC(=O)N[C@@H](C(=O)NCC(=O)OCC)c3ccccc3)cc2S(=O)(=O)C1. The Morgan fingerprint density at radius 2 is 1.69 bits per heavy atom. The van der Waals surface area contributed by atoms with Gasteiger partial charge in [0.15, 0.2) is 16.4 Å². The van der Waals surface area contributed by atoms with E-state index >= 15 is 0 Å². The molecule has 48 heavy (non-hydrogen) atoms. The second-order valence-corrected chi connectivity index (χ2v) is 14.6. The minimum absolute atomic E-state index is 0.00500. The van der Waals surface area contributed by atoms with E-state index < -0.39 is 45.7 Å². The highest BCUT2D eigenvalue weighted by atomic mass is 32.2. The lowest BCUT2D eigenvalue weighted by molar-refractivity contribution is -0.143. The Kier molecular flexibility index (Phi) is 12.9. The molecule has 1 heterocycles. The Hall–Kier alpha value is -4.03. The molecule has 2 amide bonds. The van der Waals surface area contributed by atoms with Crippen LogP contribution in [0.25, 0.3) is 0 Å². The van der Waals surface area contributed by atoms with E-state index in [1.165, 1.54) is 17.8 Å². The average Bonchev–Trinajstić information content (AvgIpc) is 3.19. The van der Waals surface area contributed by atoms with Crippen molar-refractivity contribution < 1.29 is 32.3 Å². The zero-order chi connectivity index (χ0) is 34.7. The summed E-state index contributed by atoms with van der Waals surface area (Å²) in [4.78, 5) is 41.1. The average molecular weight is 696 g/mol. The van der Waals surface area contributed by atoms with Gasteiger partial charge < -0.3 is 25.0 Å². The standard InChI is InChI=1S/C36H45N3O7S2/c1-5-8-19-36(6-2)24-39(27-17-13-10-14-18-27)28-20-30(47-4)29(21-31(28)48(43,44)25-36)46-23-32(40)38-34(26-15-11-9-12-16-26)35(42)37-22-33(41)45-7-3/h9-18,20-21,34H,5-8,19,22-25H2,1-4H3,(H,37,42)(H,38,40)/t34-,36?/m1/s1. The molecule has 12 heteroatoms. The second kappa shape index (κ2) is 16.9. The van der Waals surface area contributed by atoms with Gasteiger partial charge in [-0.2, -0.15) is 0 Å². The van der Waals surface area contributed by atoms with E-state index in [9.17, 15) is 22.8 Å². The van der Waals surface area contributed by atoms with Crippen LogP contribution in [0.4, 0.5) is 11.4 Å². The summed E-state index contributed by atoms with van der Waals surface area (Å²) in [6.45, 7) is 5.75. The highest BCUT2D eigenvalue weighted by molar-refractivity contribution is 7.98. The maximum absolute atomic E-state index is 14.2. The smallest absolute Gasteiger partial charge is 0.325 e. The molecule has 10 nitrogen and oxygen atoms in total. The number of fused-ring (bicyclic) bond motifs is 1. The molecule has 1 aliphatic heterocycles. The Labute approximate surface area is 287 Å². The molecule has 0 spiro atoms. The number of benzene rings is 3. The lowest BCUT2D eigenvalue weighted by atomic mass is 9.81. The zero-order valence-electron chi connectivity index (χ0n) is 28.0. The van der Waals surface area contributed by atoms with Crippen LogP contribution in [0.2, 0.25) is 0 Å². The van der Waals surface area contributed by atoms with Crippen LogP contribution < -0.4 is 20.3 Å². The van der Waals surface area contributed by atoms with Gasteiger partial charge in [-0.1, -0.05) is 75.2 Å². The fourth-order valence-electron chi connectivity index (χ4n) is 5.91. The Morgan fingerprint density at radius 3 is 2.31 bits per heavy atom. The molecule has 0 saturated carbocycles. The number of nitrogens with one attached hydrogen (secondary N) is 2. The molecule has 1 aliphatic rings. The number of rotatable bonds is 15. The molecule has 0 saturated heterocycles. The lowest BCUT2D eigenvalue weighted by Crippen LogP contribution is -2.43. The minimum atomic E-state index is -3.76. The van der Waals surface area contributed by atoms with E-state index in [1.54, 1.807) is 37.3 Å². The van der Waals surface area contributed by atoms with Gasteiger partial charge in [-0.25, -0.2) is 8.42 Å². The highest BCUT2D eigenvalue weighted by Gasteiger charge is 2.42. The molecule has 3 aromatic carbocycles. The molecule has 2 atom stereocenters. The van der Waals surface area contributed by atoms with E-state index in [-0.39, 0.29) is 29.5 Å². The van der Waals surface area contributed by atoms with Crippen molar-refractivity contribution in [1.29, 1.82) is 0 Å². The molecule has 1 unspecified atom stereocenters. The first-order chi connectivity index (χ1) is 23.1. The molecular weight excluding hydrogens is 651 g/mol. The monoisotopic (exact) mass is 695 g/mol. The van der Waals surface area contributed by atoms with E-state index in [4.69, 9.17) is 9.47 Å². The number of carbonyl (C=O) groups is 3. The number of nitrogens with zero attached hydrogens (tertiary/aromatic N) is 1. The first-order valence-corrected chi connectivity index (χ1v) is 19.1. The van der Waals surface area contributed by atoms with E-state index in [0.29, 0.717) is 29.1 Å². The number of ether oxygens (including phenoxy) is 2. The predicted molar refractivity (Wildman–Crippen MR) is 188 cm³/mol. The summed E-state index contributed by atoms with van der Waals surface area (Å²) in [6.07, 6.45) is 5.25. The molecule has 4 rings (SSSR count). The molecule has 0 bridgehead atoms. The van der Waals surface area contributed by atoms with Crippen LogP contribution in [0.3, 0.4) is 0 Å². The molecule has 2 N–H and O–H groups in total. The van der Waals surface area contributed by atoms with Gasteiger partial charge in [0.05, 0.1) is 27.8 Å². The zero-order valence-corrected chi connectivity index (χ0v) is 29.6. The third-order valence-corrected chi connectivity index (χ3v) is 11.3. The number of hydrogen-bond donors (Lipinski definition) is 2. The maximum Gasteiger partial charge on any atom is 0.325 e. The molecule has 0 aromatic heterocycles. The number of hydrogen-bond acceptors (Lipinski definition) is 9. The minimum Gasteiger partial charge on any atom is -0.483 e. The van der Waals surface area contributed by atoms with Crippen LogP contribution in [0.5, 0.6) is 5.75 Å². The summed E-state index contributed by atoms with van der Waals surface area (Å²) < 4.78 is 39.2. The third-order valence-electron chi connectivity index (χ3n) is 8.51. The third kappa shape index (κ3) is 9.10. The van der Waals surface area contributed by atoms with Crippen molar-refractivity contribution in [3.8, 4) is 5.75 Å². The summed E-state index contributed by atoms with van der Waals surface area (Å²) in [6, 6.07) is 20.7. The van der Waals surface area contributed by atoms with Gasteiger partial charge in [0.25, 0.3) is 5.91 Å².